The molecule has 1 aliphatic carbocycles. The highest BCUT2D eigenvalue weighted by atomic mass is 15.2. The first-order valence-corrected chi connectivity index (χ1v) is 7.64. The summed E-state index contributed by atoms with van der Waals surface area (Å²) in [6.07, 6.45) is 10.4. The predicted molar refractivity (Wildman–Crippen MR) is 79.2 cm³/mol. The van der Waals surface area contributed by atoms with E-state index in [2.05, 4.69) is 22.9 Å². The highest BCUT2D eigenvalue weighted by molar-refractivity contribution is 5.50. The zero-order valence-corrected chi connectivity index (χ0v) is 12.0. The fraction of sp³-hybridized carbons (Fsp3) is 0.688. The number of rotatable bonds is 2. The van der Waals surface area contributed by atoms with Gasteiger partial charge in [0.2, 0.25) is 0 Å². The third-order valence-electron chi connectivity index (χ3n) is 5.26. The topological polar surface area (TPSA) is 42.2 Å². The summed E-state index contributed by atoms with van der Waals surface area (Å²) < 4.78 is 0. The van der Waals surface area contributed by atoms with Crippen LogP contribution < -0.4 is 10.6 Å². The molecule has 3 rings (SSSR count). The minimum absolute atomic E-state index is 0.594. The van der Waals surface area contributed by atoms with Gasteiger partial charge in [-0.25, -0.2) is 4.98 Å². The van der Waals surface area contributed by atoms with Crippen LogP contribution in [0.3, 0.4) is 0 Å². The van der Waals surface area contributed by atoms with Crippen LogP contribution in [0.4, 0.5) is 5.82 Å². The fourth-order valence-electron chi connectivity index (χ4n) is 3.92. The Morgan fingerprint density at radius 3 is 2.53 bits per heavy atom. The fourth-order valence-corrected chi connectivity index (χ4v) is 3.92. The van der Waals surface area contributed by atoms with Gasteiger partial charge in [0.15, 0.2) is 0 Å². The second kappa shape index (κ2) is 5.12. The lowest BCUT2D eigenvalue weighted by Gasteiger charge is -2.40. The summed E-state index contributed by atoms with van der Waals surface area (Å²) >= 11 is 0. The molecule has 1 saturated heterocycles. The summed E-state index contributed by atoms with van der Waals surface area (Å²) in [6.45, 7) is 5.04. The standard InChI is InChI=1S/C16H25N3/c1-13-4-9-18-15(14(13)12-17)19-10-7-16(8-11-19)5-2-3-6-16/h4,9H,2-3,5-8,10-12,17H2,1H3. The third-order valence-corrected chi connectivity index (χ3v) is 5.26. The molecule has 3 heteroatoms. The minimum Gasteiger partial charge on any atom is -0.356 e. The number of nitrogens with zero attached hydrogens (tertiary/aromatic N) is 2. The van der Waals surface area contributed by atoms with Gasteiger partial charge in [-0.05, 0) is 49.7 Å². The van der Waals surface area contributed by atoms with Crippen LogP contribution in [0, 0.1) is 12.3 Å². The van der Waals surface area contributed by atoms with Crippen LogP contribution in [0.2, 0.25) is 0 Å². The highest BCUT2D eigenvalue weighted by Gasteiger charge is 2.37. The number of hydrogen-bond acceptors (Lipinski definition) is 3. The van der Waals surface area contributed by atoms with E-state index in [4.69, 9.17) is 5.73 Å². The van der Waals surface area contributed by atoms with E-state index >= 15 is 0 Å². The number of anilines is 1. The number of aromatic nitrogens is 1. The van der Waals surface area contributed by atoms with Crippen LogP contribution in [0.25, 0.3) is 0 Å². The zero-order valence-electron chi connectivity index (χ0n) is 12.0. The van der Waals surface area contributed by atoms with E-state index in [0.29, 0.717) is 12.0 Å². The molecule has 0 aromatic carbocycles. The summed E-state index contributed by atoms with van der Waals surface area (Å²) in [7, 11) is 0. The van der Waals surface area contributed by atoms with Crippen LogP contribution in [0.5, 0.6) is 0 Å². The van der Waals surface area contributed by atoms with Crippen molar-refractivity contribution in [1.29, 1.82) is 0 Å². The van der Waals surface area contributed by atoms with Gasteiger partial charge in [0.1, 0.15) is 5.82 Å². The molecule has 1 spiro atoms. The molecule has 2 N–H and O–H groups in total. The van der Waals surface area contributed by atoms with E-state index in [1.165, 1.54) is 49.7 Å². The summed E-state index contributed by atoms with van der Waals surface area (Å²) in [4.78, 5) is 7.05. The lowest BCUT2D eigenvalue weighted by atomic mass is 9.77. The SMILES string of the molecule is Cc1ccnc(N2CCC3(CCCC3)CC2)c1CN. The third kappa shape index (κ3) is 2.36. The molecule has 2 aliphatic rings. The molecule has 0 atom stereocenters. The van der Waals surface area contributed by atoms with Crippen molar-refractivity contribution in [1.82, 2.24) is 4.98 Å². The van der Waals surface area contributed by atoms with Gasteiger partial charge in [0.25, 0.3) is 0 Å². The largest absolute Gasteiger partial charge is 0.356 e. The molecule has 104 valence electrons. The minimum atomic E-state index is 0.594. The summed E-state index contributed by atoms with van der Waals surface area (Å²) in [5.74, 6) is 1.13. The monoisotopic (exact) mass is 259 g/mol. The van der Waals surface area contributed by atoms with Gasteiger partial charge in [0.05, 0.1) is 0 Å². The molecule has 0 bridgehead atoms. The van der Waals surface area contributed by atoms with Crippen molar-refractivity contribution in [3.8, 4) is 0 Å². The Labute approximate surface area is 116 Å². The van der Waals surface area contributed by atoms with Crippen LogP contribution in [-0.2, 0) is 6.54 Å². The summed E-state index contributed by atoms with van der Waals surface area (Å²) in [5.41, 5.74) is 9.08. The zero-order chi connectivity index (χ0) is 13.3. The Hall–Kier alpha value is -1.09. The molecule has 2 fully saturated rings. The number of nitrogens with two attached hydrogens (primary N) is 1. The van der Waals surface area contributed by atoms with Gasteiger partial charge in [-0.1, -0.05) is 12.8 Å². The van der Waals surface area contributed by atoms with Crippen molar-refractivity contribution in [3.05, 3.63) is 23.4 Å². The maximum Gasteiger partial charge on any atom is 0.133 e. The van der Waals surface area contributed by atoms with E-state index < -0.39 is 0 Å². The van der Waals surface area contributed by atoms with Crippen molar-refractivity contribution in [2.75, 3.05) is 18.0 Å². The summed E-state index contributed by atoms with van der Waals surface area (Å²) in [5, 5.41) is 0. The number of aryl methyl sites for hydroxylation is 1. The van der Waals surface area contributed by atoms with Crippen LogP contribution in [0.15, 0.2) is 12.3 Å². The molecule has 1 saturated carbocycles. The molecule has 0 radical (unpaired) electrons. The Kier molecular flexibility index (Phi) is 3.48. The van der Waals surface area contributed by atoms with Crippen molar-refractivity contribution < 1.29 is 0 Å². The lowest BCUT2D eigenvalue weighted by Crippen LogP contribution is -2.40. The maximum absolute atomic E-state index is 5.91. The highest BCUT2D eigenvalue weighted by Crippen LogP contribution is 2.46. The Morgan fingerprint density at radius 2 is 1.89 bits per heavy atom. The molecule has 0 amide bonds. The first-order chi connectivity index (χ1) is 9.24. The number of hydrogen-bond donors (Lipinski definition) is 1. The smallest absolute Gasteiger partial charge is 0.133 e. The average molecular weight is 259 g/mol. The van der Waals surface area contributed by atoms with Crippen LogP contribution >= 0.6 is 0 Å². The van der Waals surface area contributed by atoms with Gasteiger partial charge in [-0.15, -0.1) is 0 Å². The second-order valence-corrected chi connectivity index (χ2v) is 6.33. The van der Waals surface area contributed by atoms with Crippen LogP contribution in [0.1, 0.15) is 49.7 Å². The first kappa shape index (κ1) is 12.9. The Balaban J connectivity index is 1.76. The molecular weight excluding hydrogens is 234 g/mol. The number of pyridine rings is 1. The van der Waals surface area contributed by atoms with Crippen molar-refractivity contribution in [3.63, 3.8) is 0 Å². The van der Waals surface area contributed by atoms with Gasteiger partial charge in [0, 0.05) is 31.4 Å². The Morgan fingerprint density at radius 1 is 1.21 bits per heavy atom. The molecule has 19 heavy (non-hydrogen) atoms. The molecular formula is C16H25N3. The molecule has 1 aromatic heterocycles. The van der Waals surface area contributed by atoms with Crippen LogP contribution in [-0.4, -0.2) is 18.1 Å². The molecule has 3 nitrogen and oxygen atoms in total. The predicted octanol–water partition coefficient (Wildman–Crippen LogP) is 3.01. The molecule has 1 aromatic rings. The molecule has 2 heterocycles. The van der Waals surface area contributed by atoms with Gasteiger partial charge in [-0.2, -0.15) is 0 Å². The number of piperidine rings is 1. The second-order valence-electron chi connectivity index (χ2n) is 6.33. The van der Waals surface area contributed by atoms with E-state index in [-0.39, 0.29) is 0 Å². The van der Waals surface area contributed by atoms with E-state index in [1.807, 2.05) is 6.20 Å². The molecule has 0 unspecified atom stereocenters. The van der Waals surface area contributed by atoms with E-state index in [9.17, 15) is 0 Å². The summed E-state index contributed by atoms with van der Waals surface area (Å²) in [6, 6.07) is 2.06. The van der Waals surface area contributed by atoms with Gasteiger partial charge in [-0.3, -0.25) is 0 Å². The van der Waals surface area contributed by atoms with Crippen molar-refractivity contribution in [2.24, 2.45) is 11.1 Å². The van der Waals surface area contributed by atoms with Crippen molar-refractivity contribution >= 4 is 5.82 Å². The first-order valence-electron chi connectivity index (χ1n) is 7.64. The quantitative estimate of drug-likeness (QED) is 0.887. The molecule has 1 aliphatic heterocycles. The van der Waals surface area contributed by atoms with Crippen molar-refractivity contribution in [2.45, 2.75) is 52.0 Å². The maximum atomic E-state index is 5.91. The normalized spacial score (nSPS) is 22.1. The van der Waals surface area contributed by atoms with E-state index in [1.54, 1.807) is 0 Å². The van der Waals surface area contributed by atoms with Gasteiger partial charge < -0.3 is 10.6 Å². The van der Waals surface area contributed by atoms with E-state index in [0.717, 1.165) is 18.9 Å². The average Bonchev–Trinajstić information content (AvgIpc) is 2.88. The lowest BCUT2D eigenvalue weighted by molar-refractivity contribution is 0.226. The Bertz CT molecular complexity index is 439. The van der Waals surface area contributed by atoms with Gasteiger partial charge >= 0.3 is 0 Å².